The number of nitrogens with one attached hydrogen (secondary N) is 1. The van der Waals surface area contributed by atoms with Crippen molar-refractivity contribution in [2.45, 2.75) is 25.3 Å². The highest BCUT2D eigenvalue weighted by Crippen LogP contribution is 2.17. The van der Waals surface area contributed by atoms with Gasteiger partial charge in [0.05, 0.1) is 12.2 Å². The summed E-state index contributed by atoms with van der Waals surface area (Å²) in [7, 11) is 0. The maximum atomic E-state index is 12.2. The van der Waals surface area contributed by atoms with Crippen molar-refractivity contribution in [3.63, 3.8) is 0 Å². The van der Waals surface area contributed by atoms with Gasteiger partial charge in [-0.15, -0.1) is 5.10 Å². The second-order valence-corrected chi connectivity index (χ2v) is 5.15. The van der Waals surface area contributed by atoms with E-state index in [1.807, 2.05) is 35.0 Å². The lowest BCUT2D eigenvalue weighted by atomic mass is 10.1. The molecule has 0 spiro atoms. The number of ketones is 1. The Kier molecular flexibility index (Phi) is 3.87. The maximum Gasteiger partial charge on any atom is 0.189 e. The monoisotopic (exact) mass is 270 g/mol. The van der Waals surface area contributed by atoms with Gasteiger partial charge in [-0.05, 0) is 31.5 Å². The van der Waals surface area contributed by atoms with Gasteiger partial charge >= 0.3 is 0 Å². The third kappa shape index (κ3) is 2.93. The van der Waals surface area contributed by atoms with Crippen LogP contribution in [0.25, 0.3) is 0 Å². The normalized spacial score (nSPS) is 16.2. The van der Waals surface area contributed by atoms with E-state index in [1.165, 1.54) is 0 Å². The number of hydrogen-bond donors (Lipinski definition) is 1. The summed E-state index contributed by atoms with van der Waals surface area (Å²) in [4.78, 5) is 12.2. The molecule has 1 fully saturated rings. The standard InChI is InChI=1S/C15H18N4O/c20-15(10-12-4-2-1-3-5-12)14-11-19(18-17-14)13-6-8-16-9-7-13/h1-5,11,13,16H,6-10H2. The van der Waals surface area contributed by atoms with E-state index in [9.17, 15) is 4.79 Å². The molecule has 1 aliphatic rings. The molecule has 0 atom stereocenters. The molecule has 1 N–H and O–H groups in total. The summed E-state index contributed by atoms with van der Waals surface area (Å²) >= 11 is 0. The summed E-state index contributed by atoms with van der Waals surface area (Å²) in [6.45, 7) is 2.00. The second kappa shape index (κ2) is 5.96. The van der Waals surface area contributed by atoms with Crippen LogP contribution in [0.3, 0.4) is 0 Å². The summed E-state index contributed by atoms with van der Waals surface area (Å²) in [5.41, 5.74) is 1.47. The summed E-state index contributed by atoms with van der Waals surface area (Å²) in [5, 5.41) is 11.5. The van der Waals surface area contributed by atoms with E-state index < -0.39 is 0 Å². The lowest BCUT2D eigenvalue weighted by Crippen LogP contribution is -2.29. The van der Waals surface area contributed by atoms with Crippen molar-refractivity contribution in [1.82, 2.24) is 20.3 Å². The van der Waals surface area contributed by atoms with Crippen LogP contribution in [0.1, 0.15) is 34.9 Å². The average Bonchev–Trinajstić information content (AvgIpc) is 2.99. The molecule has 1 saturated heterocycles. The molecule has 5 nitrogen and oxygen atoms in total. The second-order valence-electron chi connectivity index (χ2n) is 5.15. The molecule has 0 radical (unpaired) electrons. The fraction of sp³-hybridized carbons (Fsp3) is 0.400. The molecule has 2 heterocycles. The molecule has 1 aromatic carbocycles. The highest BCUT2D eigenvalue weighted by atomic mass is 16.1. The summed E-state index contributed by atoms with van der Waals surface area (Å²) < 4.78 is 1.85. The minimum Gasteiger partial charge on any atom is -0.317 e. The molecule has 0 amide bonds. The predicted octanol–water partition coefficient (Wildman–Crippen LogP) is 1.63. The zero-order valence-corrected chi connectivity index (χ0v) is 11.3. The average molecular weight is 270 g/mol. The highest BCUT2D eigenvalue weighted by Gasteiger charge is 2.18. The quantitative estimate of drug-likeness (QED) is 0.858. The summed E-state index contributed by atoms with van der Waals surface area (Å²) in [6.07, 6.45) is 4.25. The van der Waals surface area contributed by atoms with Crippen molar-refractivity contribution in [2.75, 3.05) is 13.1 Å². The highest BCUT2D eigenvalue weighted by molar-refractivity contribution is 5.95. The summed E-state index contributed by atoms with van der Waals surface area (Å²) in [6, 6.07) is 10.1. The maximum absolute atomic E-state index is 12.2. The number of hydrogen-bond acceptors (Lipinski definition) is 4. The van der Waals surface area contributed by atoms with Crippen LogP contribution in [0.4, 0.5) is 0 Å². The molecule has 3 rings (SSSR count). The SMILES string of the molecule is O=C(Cc1ccccc1)c1cn(C2CCNCC2)nn1. The van der Waals surface area contributed by atoms with Crippen LogP contribution in [0, 0.1) is 0 Å². The van der Waals surface area contributed by atoms with E-state index >= 15 is 0 Å². The van der Waals surface area contributed by atoms with Crippen LogP contribution in [-0.2, 0) is 6.42 Å². The van der Waals surface area contributed by atoms with E-state index in [2.05, 4.69) is 15.6 Å². The van der Waals surface area contributed by atoms with Gasteiger partial charge in [-0.1, -0.05) is 35.5 Å². The van der Waals surface area contributed by atoms with Crippen LogP contribution >= 0.6 is 0 Å². The number of carbonyl (C=O) groups excluding carboxylic acids is 1. The zero-order valence-electron chi connectivity index (χ0n) is 11.3. The third-order valence-corrected chi connectivity index (χ3v) is 3.69. The van der Waals surface area contributed by atoms with Gasteiger partial charge in [0.15, 0.2) is 5.78 Å². The van der Waals surface area contributed by atoms with Gasteiger partial charge in [-0.25, -0.2) is 4.68 Å². The Morgan fingerprint density at radius 2 is 2.00 bits per heavy atom. The van der Waals surface area contributed by atoms with E-state index in [-0.39, 0.29) is 5.78 Å². The van der Waals surface area contributed by atoms with Gasteiger partial charge in [0.1, 0.15) is 5.69 Å². The minimum absolute atomic E-state index is 0.0244. The van der Waals surface area contributed by atoms with Gasteiger partial charge in [0.25, 0.3) is 0 Å². The Morgan fingerprint density at radius 3 is 2.75 bits per heavy atom. The first-order valence-electron chi connectivity index (χ1n) is 7.02. The van der Waals surface area contributed by atoms with Gasteiger partial charge in [0, 0.05) is 6.42 Å². The molecule has 2 aromatic rings. The molecule has 0 bridgehead atoms. The number of nitrogens with zero attached hydrogens (tertiary/aromatic N) is 3. The van der Waals surface area contributed by atoms with Gasteiger partial charge in [0.2, 0.25) is 0 Å². The first-order chi connectivity index (χ1) is 9.83. The van der Waals surface area contributed by atoms with Crippen molar-refractivity contribution in [1.29, 1.82) is 0 Å². The first-order valence-corrected chi connectivity index (χ1v) is 7.02. The molecule has 1 aromatic heterocycles. The molecule has 104 valence electrons. The Hall–Kier alpha value is -2.01. The number of benzene rings is 1. The predicted molar refractivity (Wildman–Crippen MR) is 75.6 cm³/mol. The summed E-state index contributed by atoms with van der Waals surface area (Å²) in [5.74, 6) is 0.0244. The van der Waals surface area contributed by atoms with Crippen LogP contribution in [0.15, 0.2) is 36.5 Å². The largest absolute Gasteiger partial charge is 0.317 e. The van der Waals surface area contributed by atoms with E-state index in [1.54, 1.807) is 6.20 Å². The number of aromatic nitrogens is 3. The first kappa shape index (κ1) is 13.0. The molecular weight excluding hydrogens is 252 g/mol. The molecular formula is C15H18N4O. The molecule has 1 aliphatic heterocycles. The van der Waals surface area contributed by atoms with Gasteiger partial charge in [-0.2, -0.15) is 0 Å². The Labute approximate surface area is 118 Å². The van der Waals surface area contributed by atoms with Crippen LogP contribution in [-0.4, -0.2) is 33.9 Å². The van der Waals surface area contributed by atoms with Crippen LogP contribution in [0.2, 0.25) is 0 Å². The number of piperidine rings is 1. The van der Waals surface area contributed by atoms with E-state index in [4.69, 9.17) is 0 Å². The van der Waals surface area contributed by atoms with Gasteiger partial charge < -0.3 is 5.32 Å². The molecule has 0 saturated carbocycles. The smallest absolute Gasteiger partial charge is 0.189 e. The molecule has 0 aliphatic carbocycles. The van der Waals surface area contributed by atoms with Gasteiger partial charge in [-0.3, -0.25) is 4.79 Å². The minimum atomic E-state index is 0.0244. The lowest BCUT2D eigenvalue weighted by Gasteiger charge is -2.22. The lowest BCUT2D eigenvalue weighted by molar-refractivity contribution is 0.0988. The van der Waals surface area contributed by atoms with Crippen molar-refractivity contribution in [3.8, 4) is 0 Å². The molecule has 0 unspecified atom stereocenters. The number of Topliss-reactive ketones (excluding diaryl/α,β-unsaturated/α-hetero) is 1. The molecule has 5 heteroatoms. The topological polar surface area (TPSA) is 59.8 Å². The fourth-order valence-electron chi connectivity index (χ4n) is 2.53. The Balaban J connectivity index is 1.68. The molecule has 20 heavy (non-hydrogen) atoms. The van der Waals surface area contributed by atoms with E-state index in [0.29, 0.717) is 18.2 Å². The van der Waals surface area contributed by atoms with Crippen molar-refractivity contribution >= 4 is 5.78 Å². The Morgan fingerprint density at radius 1 is 1.25 bits per heavy atom. The van der Waals surface area contributed by atoms with E-state index in [0.717, 1.165) is 31.5 Å². The number of rotatable bonds is 4. The Bertz CT molecular complexity index is 573. The number of carbonyl (C=O) groups is 1. The van der Waals surface area contributed by atoms with Crippen LogP contribution in [0.5, 0.6) is 0 Å². The zero-order chi connectivity index (χ0) is 13.8. The fourth-order valence-corrected chi connectivity index (χ4v) is 2.53. The van der Waals surface area contributed by atoms with Crippen molar-refractivity contribution in [2.24, 2.45) is 0 Å². The van der Waals surface area contributed by atoms with Crippen molar-refractivity contribution in [3.05, 3.63) is 47.8 Å². The third-order valence-electron chi connectivity index (χ3n) is 3.69. The van der Waals surface area contributed by atoms with Crippen LogP contribution < -0.4 is 5.32 Å². The van der Waals surface area contributed by atoms with Crippen molar-refractivity contribution < 1.29 is 4.79 Å².